The zero-order valence-electron chi connectivity index (χ0n) is 14.6. The first-order valence-electron chi connectivity index (χ1n) is 7.79. The second kappa shape index (κ2) is 9.08. The summed E-state index contributed by atoms with van der Waals surface area (Å²) in [5.41, 5.74) is 1.78. The summed E-state index contributed by atoms with van der Waals surface area (Å²) in [5.74, 6) is -0.196. The van der Waals surface area contributed by atoms with Crippen LogP contribution in [0.2, 0.25) is 0 Å². The molecule has 0 saturated heterocycles. The zero-order chi connectivity index (χ0) is 19.1. The molecule has 0 amide bonds. The molecule has 7 heteroatoms. The maximum absolute atomic E-state index is 13.9. The quantitative estimate of drug-likeness (QED) is 0.408. The van der Waals surface area contributed by atoms with Gasteiger partial charge < -0.3 is 14.2 Å². The van der Waals surface area contributed by atoms with Crippen LogP contribution in [0.3, 0.4) is 0 Å². The third-order valence-electron chi connectivity index (χ3n) is 3.54. The number of ether oxygens (including phenoxy) is 3. The summed E-state index contributed by atoms with van der Waals surface area (Å²) >= 11 is 4.47. The molecule has 1 unspecified atom stereocenters. The predicted molar refractivity (Wildman–Crippen MR) is 98.7 cm³/mol. The molecule has 2 rings (SSSR count). The molecule has 5 nitrogen and oxygen atoms in total. The van der Waals surface area contributed by atoms with E-state index >= 15 is 0 Å². The Morgan fingerprint density at radius 3 is 2.73 bits per heavy atom. The number of rotatable bonds is 7. The van der Waals surface area contributed by atoms with Gasteiger partial charge in [-0.05, 0) is 49.8 Å². The van der Waals surface area contributed by atoms with Crippen molar-refractivity contribution in [1.29, 1.82) is 0 Å². The fraction of sp³-hybridized carbons (Fsp3) is 0.263. The number of benzene rings is 2. The highest BCUT2D eigenvalue weighted by Crippen LogP contribution is 2.26. The molecule has 0 N–H and O–H groups in total. The van der Waals surface area contributed by atoms with E-state index in [1.165, 1.54) is 19.2 Å². The van der Waals surface area contributed by atoms with Crippen LogP contribution in [-0.4, -0.2) is 24.3 Å². The van der Waals surface area contributed by atoms with E-state index < -0.39 is 17.9 Å². The fourth-order valence-electron chi connectivity index (χ4n) is 2.17. The maximum Gasteiger partial charge on any atom is 0.346 e. The summed E-state index contributed by atoms with van der Waals surface area (Å²) in [5, 5.41) is 2.12. The Morgan fingerprint density at radius 2 is 2.08 bits per heavy atom. The van der Waals surface area contributed by atoms with E-state index in [9.17, 15) is 9.18 Å². The molecule has 0 heterocycles. The zero-order valence-corrected chi connectivity index (χ0v) is 15.4. The van der Waals surface area contributed by atoms with Crippen molar-refractivity contribution in [2.24, 2.45) is 4.99 Å². The van der Waals surface area contributed by atoms with E-state index in [4.69, 9.17) is 9.47 Å². The number of carbonyl (C=O) groups excluding carboxylic acids is 1. The molecule has 0 saturated carbocycles. The SMILES string of the molecule is COC(=O)C(C)Oc1cc(C)ccc1COc1ccc(N=C=S)c(F)c1. The van der Waals surface area contributed by atoms with Gasteiger partial charge >= 0.3 is 5.97 Å². The highest BCUT2D eigenvalue weighted by atomic mass is 32.1. The van der Waals surface area contributed by atoms with Gasteiger partial charge in [-0.1, -0.05) is 12.1 Å². The summed E-state index contributed by atoms with van der Waals surface area (Å²) in [7, 11) is 1.30. The van der Waals surface area contributed by atoms with Crippen molar-refractivity contribution in [3.05, 3.63) is 53.3 Å². The third kappa shape index (κ3) is 5.12. The molecule has 0 spiro atoms. The van der Waals surface area contributed by atoms with Gasteiger partial charge in [-0.2, -0.15) is 4.99 Å². The summed E-state index contributed by atoms with van der Waals surface area (Å²) < 4.78 is 29.8. The van der Waals surface area contributed by atoms with Gasteiger partial charge in [0.05, 0.1) is 12.3 Å². The van der Waals surface area contributed by atoms with Gasteiger partial charge in [0, 0.05) is 11.6 Å². The van der Waals surface area contributed by atoms with Crippen molar-refractivity contribution in [1.82, 2.24) is 0 Å². The Morgan fingerprint density at radius 1 is 1.31 bits per heavy atom. The molecular weight excluding hydrogens is 357 g/mol. The van der Waals surface area contributed by atoms with Gasteiger partial charge in [0.25, 0.3) is 0 Å². The van der Waals surface area contributed by atoms with Crippen molar-refractivity contribution < 1.29 is 23.4 Å². The standard InChI is InChI=1S/C19H18FNO4S/c1-12-4-5-14(18(8-12)25-13(2)19(22)23-3)10-24-15-6-7-17(21-11-26)16(20)9-15/h4-9,13H,10H2,1-3H3. The highest BCUT2D eigenvalue weighted by Gasteiger charge is 2.17. The molecular formula is C19H18FNO4S. The largest absolute Gasteiger partial charge is 0.489 e. The van der Waals surface area contributed by atoms with Gasteiger partial charge in [-0.15, -0.1) is 0 Å². The first-order chi connectivity index (χ1) is 12.4. The highest BCUT2D eigenvalue weighted by molar-refractivity contribution is 7.78. The lowest BCUT2D eigenvalue weighted by molar-refractivity contribution is -0.147. The van der Waals surface area contributed by atoms with Gasteiger partial charge in [0.2, 0.25) is 0 Å². The summed E-state index contributed by atoms with van der Waals surface area (Å²) in [6, 6.07) is 9.78. The maximum atomic E-state index is 13.9. The number of carbonyl (C=O) groups is 1. The molecule has 2 aromatic carbocycles. The van der Waals surface area contributed by atoms with Crippen molar-refractivity contribution >= 4 is 29.0 Å². The number of hydrogen-bond acceptors (Lipinski definition) is 6. The number of aryl methyl sites for hydroxylation is 1. The number of esters is 1. The molecule has 136 valence electrons. The van der Waals surface area contributed by atoms with Crippen LogP contribution in [0.25, 0.3) is 0 Å². The van der Waals surface area contributed by atoms with Crippen LogP contribution < -0.4 is 9.47 Å². The van der Waals surface area contributed by atoms with Crippen molar-refractivity contribution in [3.63, 3.8) is 0 Å². The number of halogens is 1. The molecule has 0 bridgehead atoms. The fourth-order valence-corrected chi connectivity index (χ4v) is 2.27. The molecule has 26 heavy (non-hydrogen) atoms. The summed E-state index contributed by atoms with van der Waals surface area (Å²) in [6.45, 7) is 3.65. The lowest BCUT2D eigenvalue weighted by Gasteiger charge is -2.17. The van der Waals surface area contributed by atoms with Gasteiger partial charge in [-0.3, -0.25) is 0 Å². The minimum Gasteiger partial charge on any atom is -0.489 e. The molecule has 0 aliphatic rings. The number of isothiocyanates is 1. The van der Waals surface area contributed by atoms with Crippen LogP contribution in [0.1, 0.15) is 18.1 Å². The number of nitrogens with zero attached hydrogens (tertiary/aromatic N) is 1. The number of thiocarbonyl (C=S) groups is 1. The number of hydrogen-bond donors (Lipinski definition) is 0. The van der Waals surface area contributed by atoms with E-state index in [1.807, 2.05) is 19.1 Å². The van der Waals surface area contributed by atoms with Crippen LogP contribution >= 0.6 is 12.2 Å². The number of aliphatic imine (C=N–C) groups is 1. The first kappa shape index (κ1) is 19.6. The number of methoxy groups -OCH3 is 1. The van der Waals surface area contributed by atoms with Gasteiger partial charge in [0.1, 0.15) is 23.8 Å². The lowest BCUT2D eigenvalue weighted by Crippen LogP contribution is -2.25. The monoisotopic (exact) mass is 375 g/mol. The summed E-state index contributed by atoms with van der Waals surface area (Å²) in [6.07, 6.45) is -0.759. The molecule has 0 fully saturated rings. The van der Waals surface area contributed by atoms with E-state index in [0.29, 0.717) is 17.1 Å². The van der Waals surface area contributed by atoms with Crippen molar-refractivity contribution in [2.45, 2.75) is 26.6 Å². The van der Waals surface area contributed by atoms with E-state index in [2.05, 4.69) is 27.1 Å². The van der Waals surface area contributed by atoms with Crippen LogP contribution in [0.5, 0.6) is 11.5 Å². The van der Waals surface area contributed by atoms with Crippen LogP contribution in [0.15, 0.2) is 41.4 Å². The Bertz CT molecular complexity index is 849. The molecule has 1 atom stereocenters. The van der Waals surface area contributed by atoms with Crippen LogP contribution in [0, 0.1) is 12.7 Å². The second-order valence-corrected chi connectivity index (χ2v) is 5.68. The Balaban J connectivity index is 2.15. The molecule has 0 radical (unpaired) electrons. The predicted octanol–water partition coefficient (Wildman–Crippen LogP) is 4.39. The topological polar surface area (TPSA) is 57.1 Å². The first-order valence-corrected chi connectivity index (χ1v) is 8.19. The normalized spacial score (nSPS) is 11.2. The Kier molecular flexibility index (Phi) is 6.83. The molecule has 0 aromatic heterocycles. The molecule has 2 aromatic rings. The smallest absolute Gasteiger partial charge is 0.346 e. The Hall–Kier alpha value is -2.76. The minimum absolute atomic E-state index is 0.0959. The van der Waals surface area contributed by atoms with E-state index in [1.54, 1.807) is 19.1 Å². The van der Waals surface area contributed by atoms with E-state index in [-0.39, 0.29) is 12.3 Å². The van der Waals surface area contributed by atoms with Crippen molar-refractivity contribution in [3.8, 4) is 11.5 Å². The summed E-state index contributed by atoms with van der Waals surface area (Å²) in [4.78, 5) is 15.2. The Labute approximate surface area is 156 Å². The lowest BCUT2D eigenvalue weighted by atomic mass is 10.1. The van der Waals surface area contributed by atoms with Crippen LogP contribution in [0.4, 0.5) is 10.1 Å². The minimum atomic E-state index is -0.759. The van der Waals surface area contributed by atoms with Crippen molar-refractivity contribution in [2.75, 3.05) is 7.11 Å². The molecule has 0 aliphatic heterocycles. The molecule has 0 aliphatic carbocycles. The third-order valence-corrected chi connectivity index (χ3v) is 3.63. The van der Waals surface area contributed by atoms with Gasteiger partial charge in [0.15, 0.2) is 11.9 Å². The van der Waals surface area contributed by atoms with Crippen LogP contribution in [-0.2, 0) is 16.1 Å². The van der Waals surface area contributed by atoms with E-state index in [0.717, 1.165) is 5.56 Å². The second-order valence-electron chi connectivity index (χ2n) is 5.50. The average Bonchev–Trinajstić information content (AvgIpc) is 2.62. The average molecular weight is 375 g/mol. The van der Waals surface area contributed by atoms with Gasteiger partial charge in [-0.25, -0.2) is 9.18 Å².